The molecule has 0 unspecified atom stereocenters. The van der Waals surface area contributed by atoms with Gasteiger partial charge in [0.15, 0.2) is 11.6 Å². The Bertz CT molecular complexity index is 1670. The van der Waals surface area contributed by atoms with Gasteiger partial charge in [0.2, 0.25) is 5.91 Å². The SMILES string of the molecule is CNC(=O)c1cccc(CC(=O)[C@@H]2C[C@@H](F)CN2C(=O)Cn2nc(C(C)=O)c3cc(-c4cnc(C)nc4)ccc32)n1. The zero-order valence-electron chi connectivity index (χ0n) is 22.8. The van der Waals surface area contributed by atoms with Gasteiger partial charge in [-0.05, 0) is 36.8 Å². The molecule has 5 rings (SSSR count). The molecular formula is C29H28FN7O4. The van der Waals surface area contributed by atoms with Crippen LogP contribution < -0.4 is 5.32 Å². The zero-order chi connectivity index (χ0) is 29.3. The van der Waals surface area contributed by atoms with Crippen molar-refractivity contribution in [3.8, 4) is 11.1 Å². The molecule has 1 aliphatic heterocycles. The number of benzene rings is 1. The van der Waals surface area contributed by atoms with Gasteiger partial charge in [-0.25, -0.2) is 19.3 Å². The maximum atomic E-state index is 14.5. The number of alkyl halides is 1. The Kier molecular flexibility index (Phi) is 7.64. The highest BCUT2D eigenvalue weighted by Crippen LogP contribution is 2.28. The van der Waals surface area contributed by atoms with Crippen LogP contribution in [0.2, 0.25) is 0 Å². The molecule has 0 aliphatic carbocycles. The van der Waals surface area contributed by atoms with Crippen LogP contribution in [0, 0.1) is 6.92 Å². The Morgan fingerprint density at radius 1 is 1.07 bits per heavy atom. The number of nitrogens with one attached hydrogen (secondary N) is 1. The van der Waals surface area contributed by atoms with Crippen molar-refractivity contribution >= 4 is 34.3 Å². The average molecular weight is 558 g/mol. The summed E-state index contributed by atoms with van der Waals surface area (Å²) < 4.78 is 15.9. The lowest BCUT2D eigenvalue weighted by Crippen LogP contribution is -2.43. The number of rotatable bonds is 8. The van der Waals surface area contributed by atoms with E-state index in [9.17, 15) is 23.6 Å². The predicted molar refractivity (Wildman–Crippen MR) is 147 cm³/mol. The first-order valence-corrected chi connectivity index (χ1v) is 13.1. The predicted octanol–water partition coefficient (Wildman–Crippen LogP) is 2.51. The van der Waals surface area contributed by atoms with Gasteiger partial charge >= 0.3 is 0 Å². The number of likely N-dealkylation sites (tertiary alicyclic amines) is 1. The number of ketones is 2. The number of hydrogen-bond donors (Lipinski definition) is 1. The normalized spacial score (nSPS) is 16.6. The summed E-state index contributed by atoms with van der Waals surface area (Å²) in [4.78, 5) is 64.9. The van der Waals surface area contributed by atoms with E-state index in [2.05, 4.69) is 25.4 Å². The van der Waals surface area contributed by atoms with Gasteiger partial charge in [-0.3, -0.25) is 23.9 Å². The molecule has 41 heavy (non-hydrogen) atoms. The highest BCUT2D eigenvalue weighted by atomic mass is 19.1. The largest absolute Gasteiger partial charge is 0.354 e. The fourth-order valence-electron chi connectivity index (χ4n) is 4.99. The summed E-state index contributed by atoms with van der Waals surface area (Å²) in [6.07, 6.45) is 1.73. The smallest absolute Gasteiger partial charge is 0.269 e. The molecule has 1 aromatic carbocycles. The van der Waals surface area contributed by atoms with Crippen molar-refractivity contribution in [3.05, 3.63) is 71.7 Å². The minimum atomic E-state index is -1.36. The monoisotopic (exact) mass is 557 g/mol. The second-order valence-corrected chi connectivity index (χ2v) is 9.94. The number of halogens is 1. The first-order valence-electron chi connectivity index (χ1n) is 13.1. The van der Waals surface area contributed by atoms with Gasteiger partial charge in [-0.2, -0.15) is 5.10 Å². The van der Waals surface area contributed by atoms with Gasteiger partial charge in [-0.1, -0.05) is 12.1 Å². The molecule has 11 nitrogen and oxygen atoms in total. The molecule has 210 valence electrons. The second kappa shape index (κ2) is 11.3. The van der Waals surface area contributed by atoms with Crippen LogP contribution in [-0.4, -0.2) is 78.8 Å². The molecule has 0 saturated carbocycles. The Labute approximate surface area is 234 Å². The highest BCUT2D eigenvalue weighted by molar-refractivity contribution is 6.06. The molecule has 3 aromatic heterocycles. The topological polar surface area (TPSA) is 140 Å². The minimum Gasteiger partial charge on any atom is -0.354 e. The number of aromatic nitrogens is 5. The molecule has 2 amide bonds. The van der Waals surface area contributed by atoms with Crippen molar-refractivity contribution in [2.75, 3.05) is 13.6 Å². The fourth-order valence-corrected chi connectivity index (χ4v) is 4.99. The van der Waals surface area contributed by atoms with Crippen LogP contribution in [0.4, 0.5) is 4.39 Å². The van der Waals surface area contributed by atoms with E-state index in [4.69, 9.17) is 0 Å². The summed E-state index contributed by atoms with van der Waals surface area (Å²) in [5, 5.41) is 7.44. The van der Waals surface area contributed by atoms with Crippen molar-refractivity contribution in [2.24, 2.45) is 0 Å². The number of hydrogen-bond acceptors (Lipinski definition) is 8. The number of fused-ring (bicyclic) bond motifs is 1. The van der Waals surface area contributed by atoms with Crippen molar-refractivity contribution in [3.63, 3.8) is 0 Å². The van der Waals surface area contributed by atoms with Crippen LogP contribution in [0.1, 0.15) is 45.8 Å². The van der Waals surface area contributed by atoms with Gasteiger partial charge in [0.25, 0.3) is 5.91 Å². The lowest BCUT2D eigenvalue weighted by atomic mass is 10.0. The maximum Gasteiger partial charge on any atom is 0.269 e. The summed E-state index contributed by atoms with van der Waals surface area (Å²) in [6.45, 7) is 2.67. The summed E-state index contributed by atoms with van der Waals surface area (Å²) in [6, 6.07) is 9.14. The van der Waals surface area contributed by atoms with Crippen molar-refractivity contribution in [2.45, 2.75) is 45.4 Å². The van der Waals surface area contributed by atoms with Crippen LogP contribution >= 0.6 is 0 Å². The Morgan fingerprint density at radius 3 is 2.54 bits per heavy atom. The molecular weight excluding hydrogens is 529 g/mol. The number of carbonyl (C=O) groups excluding carboxylic acids is 4. The molecule has 12 heteroatoms. The third-order valence-corrected chi connectivity index (χ3v) is 7.05. The molecule has 2 atom stereocenters. The molecule has 4 aromatic rings. The quantitative estimate of drug-likeness (QED) is 0.326. The number of carbonyl (C=O) groups is 4. The van der Waals surface area contributed by atoms with Gasteiger partial charge in [-0.15, -0.1) is 0 Å². The van der Waals surface area contributed by atoms with Gasteiger partial charge in [0.1, 0.15) is 29.9 Å². The van der Waals surface area contributed by atoms with Gasteiger partial charge in [0.05, 0.1) is 24.5 Å². The molecule has 1 aliphatic rings. The number of Topliss-reactive ketones (excluding diaryl/α,β-unsaturated/α-hetero) is 2. The Balaban J connectivity index is 1.38. The van der Waals surface area contributed by atoms with E-state index in [1.165, 1.54) is 29.6 Å². The lowest BCUT2D eigenvalue weighted by molar-refractivity contribution is -0.138. The van der Waals surface area contributed by atoms with Crippen LogP contribution in [0.15, 0.2) is 48.8 Å². The van der Waals surface area contributed by atoms with E-state index in [0.717, 1.165) is 11.1 Å². The lowest BCUT2D eigenvalue weighted by Gasteiger charge is -2.23. The van der Waals surface area contributed by atoms with E-state index >= 15 is 0 Å². The second-order valence-electron chi connectivity index (χ2n) is 9.94. The number of nitrogens with zero attached hydrogens (tertiary/aromatic N) is 6. The van der Waals surface area contributed by atoms with Crippen LogP contribution in [0.5, 0.6) is 0 Å². The number of aryl methyl sites for hydroxylation is 1. The number of amides is 2. The summed E-state index contributed by atoms with van der Waals surface area (Å²) >= 11 is 0. The third kappa shape index (κ3) is 5.72. The molecule has 1 saturated heterocycles. The van der Waals surface area contributed by atoms with Gasteiger partial charge in [0, 0.05) is 49.4 Å². The number of pyridine rings is 1. The van der Waals surface area contributed by atoms with Crippen molar-refractivity contribution < 1.29 is 23.6 Å². The van der Waals surface area contributed by atoms with E-state index in [1.807, 2.05) is 6.07 Å². The maximum absolute atomic E-state index is 14.5. The van der Waals surface area contributed by atoms with E-state index in [-0.39, 0.29) is 48.9 Å². The molecule has 1 N–H and O–H groups in total. The molecule has 4 heterocycles. The van der Waals surface area contributed by atoms with E-state index in [1.54, 1.807) is 43.6 Å². The summed E-state index contributed by atoms with van der Waals surface area (Å²) in [7, 11) is 1.48. The standard InChI is InChI=1S/C29H28FN7O4/c1-16(38)28-22-9-18(19-12-32-17(2)33-13-19)7-8-24(22)37(35-28)15-27(40)36-14-20(30)10-25(36)26(39)11-21-5-4-6-23(34-21)29(41)31-3/h4-9,12-13,20,25H,10-11,14-15H2,1-3H3,(H,31,41)/t20-,25+/m1/s1. The molecule has 1 fully saturated rings. The molecule has 0 bridgehead atoms. The average Bonchev–Trinajstić information content (AvgIpc) is 3.53. The summed E-state index contributed by atoms with van der Waals surface area (Å²) in [5.74, 6) is -0.904. The first-order chi connectivity index (χ1) is 19.6. The highest BCUT2D eigenvalue weighted by Gasteiger charge is 2.39. The Hall–Kier alpha value is -4.87. The van der Waals surface area contributed by atoms with Crippen LogP contribution in [-0.2, 0) is 22.6 Å². The van der Waals surface area contributed by atoms with Crippen molar-refractivity contribution in [1.29, 1.82) is 0 Å². The third-order valence-electron chi connectivity index (χ3n) is 7.05. The zero-order valence-corrected chi connectivity index (χ0v) is 22.8. The van der Waals surface area contributed by atoms with E-state index < -0.39 is 24.0 Å². The van der Waals surface area contributed by atoms with Crippen molar-refractivity contribution in [1.82, 2.24) is 34.9 Å². The molecule has 0 spiro atoms. The van der Waals surface area contributed by atoms with Crippen LogP contribution in [0.3, 0.4) is 0 Å². The minimum absolute atomic E-state index is 0.125. The Morgan fingerprint density at radius 2 is 1.83 bits per heavy atom. The van der Waals surface area contributed by atoms with Gasteiger partial charge < -0.3 is 10.2 Å². The van der Waals surface area contributed by atoms with E-state index in [0.29, 0.717) is 22.4 Å². The molecule has 0 radical (unpaired) electrons. The van der Waals surface area contributed by atoms with Crippen LogP contribution in [0.25, 0.3) is 22.0 Å². The fraction of sp³-hybridized carbons (Fsp3) is 0.310. The summed E-state index contributed by atoms with van der Waals surface area (Å²) in [5.41, 5.74) is 2.80. The first kappa shape index (κ1) is 27.7.